The van der Waals surface area contributed by atoms with Crippen molar-refractivity contribution in [2.45, 2.75) is 17.7 Å². The molecule has 0 saturated carbocycles. The summed E-state index contributed by atoms with van der Waals surface area (Å²) in [5, 5.41) is 0. The van der Waals surface area contributed by atoms with Gasteiger partial charge >= 0.3 is 0 Å². The van der Waals surface area contributed by atoms with Gasteiger partial charge in [-0.25, -0.2) is 8.42 Å². The largest absolute Gasteiger partial charge is 0.493 e. The van der Waals surface area contributed by atoms with Crippen molar-refractivity contribution < 1.29 is 17.9 Å². The number of rotatable bonds is 3. The summed E-state index contributed by atoms with van der Waals surface area (Å²) < 4.78 is 32.6. The maximum Gasteiger partial charge on any atom is 0.253 e. The zero-order valence-electron chi connectivity index (χ0n) is 15.0. The monoisotopic (exact) mass is 386 g/mol. The number of amides is 1. The smallest absolute Gasteiger partial charge is 0.253 e. The van der Waals surface area contributed by atoms with Crippen LogP contribution in [0.15, 0.2) is 53.4 Å². The van der Waals surface area contributed by atoms with Gasteiger partial charge in [0.1, 0.15) is 5.75 Å². The molecule has 0 N–H and O–H groups in total. The van der Waals surface area contributed by atoms with Gasteiger partial charge in [0.15, 0.2) is 0 Å². The number of benzene rings is 2. The molecule has 6 nitrogen and oxygen atoms in total. The van der Waals surface area contributed by atoms with Crippen LogP contribution in [0.25, 0.3) is 0 Å². The predicted molar refractivity (Wildman–Crippen MR) is 101 cm³/mol. The van der Waals surface area contributed by atoms with Crippen LogP contribution in [0.5, 0.6) is 5.75 Å². The second-order valence-corrected chi connectivity index (χ2v) is 8.72. The fourth-order valence-electron chi connectivity index (χ4n) is 3.58. The van der Waals surface area contributed by atoms with Crippen molar-refractivity contribution in [2.75, 3.05) is 32.8 Å². The lowest BCUT2D eigenvalue weighted by atomic mass is 10.1. The number of ether oxygens (including phenoxy) is 1. The zero-order chi connectivity index (χ0) is 18.9. The van der Waals surface area contributed by atoms with Crippen LogP contribution in [0.3, 0.4) is 0 Å². The van der Waals surface area contributed by atoms with Crippen molar-refractivity contribution >= 4 is 15.9 Å². The summed E-state index contributed by atoms with van der Waals surface area (Å²) in [4.78, 5) is 14.9. The average Bonchev–Trinajstić information content (AvgIpc) is 3.02. The standard InChI is InChI=1S/C20H22N2O4S/c23-20(17-7-8-19-16(15-17)9-14-26-19)21-10-4-11-22(13-12-21)27(24,25)18-5-2-1-3-6-18/h1-3,5-8,15H,4,9-14H2. The molecule has 2 aliphatic rings. The second kappa shape index (κ2) is 7.32. The first kappa shape index (κ1) is 18.0. The van der Waals surface area contributed by atoms with E-state index in [1.807, 2.05) is 12.1 Å². The Morgan fingerprint density at radius 1 is 0.963 bits per heavy atom. The van der Waals surface area contributed by atoms with E-state index in [0.717, 1.165) is 17.7 Å². The van der Waals surface area contributed by atoms with E-state index in [9.17, 15) is 13.2 Å². The van der Waals surface area contributed by atoms with Gasteiger partial charge in [-0.1, -0.05) is 18.2 Å². The molecule has 0 atom stereocenters. The highest BCUT2D eigenvalue weighted by Crippen LogP contribution is 2.26. The predicted octanol–water partition coefficient (Wildman–Crippen LogP) is 2.16. The van der Waals surface area contributed by atoms with Crippen LogP contribution in [0.1, 0.15) is 22.3 Å². The maximum atomic E-state index is 12.9. The summed E-state index contributed by atoms with van der Waals surface area (Å²) >= 11 is 0. The normalized spacial score (nSPS) is 17.9. The summed E-state index contributed by atoms with van der Waals surface area (Å²) in [5.74, 6) is 0.797. The van der Waals surface area contributed by atoms with Gasteiger partial charge in [0.05, 0.1) is 11.5 Å². The molecule has 0 aromatic heterocycles. The van der Waals surface area contributed by atoms with Crippen molar-refractivity contribution in [1.82, 2.24) is 9.21 Å². The first-order valence-electron chi connectivity index (χ1n) is 9.16. The highest BCUT2D eigenvalue weighted by atomic mass is 32.2. The van der Waals surface area contributed by atoms with Crippen LogP contribution in [0.4, 0.5) is 0 Å². The SMILES string of the molecule is O=C(c1ccc2c(c1)CCO2)N1CCCN(S(=O)(=O)c2ccccc2)CC1. The van der Waals surface area contributed by atoms with Crippen molar-refractivity contribution in [2.24, 2.45) is 0 Å². The topological polar surface area (TPSA) is 66.9 Å². The molecular weight excluding hydrogens is 364 g/mol. The van der Waals surface area contributed by atoms with Crippen molar-refractivity contribution in [3.05, 3.63) is 59.7 Å². The van der Waals surface area contributed by atoms with E-state index in [1.54, 1.807) is 41.3 Å². The molecule has 4 rings (SSSR count). The van der Waals surface area contributed by atoms with E-state index in [2.05, 4.69) is 0 Å². The lowest BCUT2D eigenvalue weighted by molar-refractivity contribution is 0.0764. The van der Waals surface area contributed by atoms with Crippen LogP contribution in [-0.2, 0) is 16.4 Å². The fraction of sp³-hybridized carbons (Fsp3) is 0.350. The molecule has 1 amide bonds. The summed E-state index contributed by atoms with van der Waals surface area (Å²) in [5.41, 5.74) is 1.70. The van der Waals surface area contributed by atoms with Crippen LogP contribution >= 0.6 is 0 Å². The van der Waals surface area contributed by atoms with E-state index in [1.165, 1.54) is 4.31 Å². The quantitative estimate of drug-likeness (QED) is 0.811. The number of hydrogen-bond acceptors (Lipinski definition) is 4. The second-order valence-electron chi connectivity index (χ2n) is 6.78. The van der Waals surface area contributed by atoms with Crippen LogP contribution in [0.2, 0.25) is 0 Å². The Morgan fingerprint density at radius 2 is 1.78 bits per heavy atom. The molecule has 27 heavy (non-hydrogen) atoms. The van der Waals surface area contributed by atoms with Gasteiger partial charge < -0.3 is 9.64 Å². The number of sulfonamides is 1. The van der Waals surface area contributed by atoms with Gasteiger partial charge in [-0.15, -0.1) is 0 Å². The molecule has 0 radical (unpaired) electrons. The third-order valence-electron chi connectivity index (χ3n) is 5.06. The number of carbonyl (C=O) groups is 1. The van der Waals surface area contributed by atoms with Crippen LogP contribution in [0, 0.1) is 0 Å². The molecule has 0 unspecified atom stereocenters. The van der Waals surface area contributed by atoms with E-state index in [-0.39, 0.29) is 5.91 Å². The number of nitrogens with zero attached hydrogens (tertiary/aromatic N) is 2. The summed E-state index contributed by atoms with van der Waals surface area (Å²) in [6.07, 6.45) is 1.44. The third kappa shape index (κ3) is 3.57. The molecule has 2 heterocycles. The van der Waals surface area contributed by atoms with Crippen LogP contribution in [-0.4, -0.2) is 56.3 Å². The highest BCUT2D eigenvalue weighted by Gasteiger charge is 2.28. The first-order valence-corrected chi connectivity index (χ1v) is 10.6. The molecule has 2 aromatic rings. The van der Waals surface area contributed by atoms with Crippen molar-refractivity contribution in [1.29, 1.82) is 0 Å². The van der Waals surface area contributed by atoms with E-state index < -0.39 is 10.0 Å². The molecule has 2 aliphatic heterocycles. The van der Waals surface area contributed by atoms with Gasteiger partial charge in [0, 0.05) is 38.2 Å². The van der Waals surface area contributed by atoms with Gasteiger partial charge in [0.25, 0.3) is 5.91 Å². The lowest BCUT2D eigenvalue weighted by Crippen LogP contribution is -2.37. The van der Waals surface area contributed by atoms with Gasteiger partial charge in [0.2, 0.25) is 10.0 Å². The highest BCUT2D eigenvalue weighted by molar-refractivity contribution is 7.89. The summed E-state index contributed by atoms with van der Waals surface area (Å²) in [6.45, 7) is 2.31. The number of carbonyl (C=O) groups excluding carboxylic acids is 1. The number of hydrogen-bond donors (Lipinski definition) is 0. The average molecular weight is 386 g/mol. The molecule has 1 fully saturated rings. The Bertz CT molecular complexity index is 944. The van der Waals surface area contributed by atoms with Gasteiger partial charge in [-0.05, 0) is 42.3 Å². The van der Waals surface area contributed by atoms with Crippen LogP contribution < -0.4 is 4.74 Å². The Morgan fingerprint density at radius 3 is 2.59 bits per heavy atom. The lowest BCUT2D eigenvalue weighted by Gasteiger charge is -2.22. The van der Waals surface area contributed by atoms with Gasteiger partial charge in [-0.2, -0.15) is 4.31 Å². The minimum absolute atomic E-state index is 0.0522. The summed E-state index contributed by atoms with van der Waals surface area (Å²) in [7, 11) is -3.53. The Labute approximate surface area is 159 Å². The molecule has 0 bridgehead atoms. The Hall–Kier alpha value is -2.38. The minimum atomic E-state index is -3.53. The maximum absolute atomic E-state index is 12.9. The Kier molecular flexibility index (Phi) is 4.88. The fourth-order valence-corrected chi connectivity index (χ4v) is 5.07. The van der Waals surface area contributed by atoms with Gasteiger partial charge in [-0.3, -0.25) is 4.79 Å². The first-order chi connectivity index (χ1) is 13.1. The molecule has 2 aromatic carbocycles. The molecule has 7 heteroatoms. The van der Waals surface area contributed by atoms with E-state index in [0.29, 0.717) is 49.7 Å². The molecular formula is C20H22N2O4S. The summed E-state index contributed by atoms with van der Waals surface area (Å²) in [6, 6.07) is 14.0. The van der Waals surface area contributed by atoms with Crippen molar-refractivity contribution in [3.8, 4) is 5.75 Å². The molecule has 0 spiro atoms. The van der Waals surface area contributed by atoms with E-state index >= 15 is 0 Å². The van der Waals surface area contributed by atoms with Crippen molar-refractivity contribution in [3.63, 3.8) is 0 Å². The minimum Gasteiger partial charge on any atom is -0.493 e. The molecule has 142 valence electrons. The third-order valence-corrected chi connectivity index (χ3v) is 6.97. The zero-order valence-corrected chi connectivity index (χ0v) is 15.8. The van der Waals surface area contributed by atoms with E-state index in [4.69, 9.17) is 4.74 Å². The Balaban J connectivity index is 1.48. The number of fused-ring (bicyclic) bond motifs is 1. The molecule has 0 aliphatic carbocycles. The molecule has 1 saturated heterocycles.